The molecule has 1 aliphatic rings. The van der Waals surface area contributed by atoms with E-state index in [0.717, 1.165) is 25.8 Å². The van der Waals surface area contributed by atoms with Gasteiger partial charge in [-0.3, -0.25) is 14.2 Å². The van der Waals surface area contributed by atoms with Gasteiger partial charge in [0.25, 0.3) is 5.56 Å². The van der Waals surface area contributed by atoms with Crippen LogP contribution >= 0.6 is 11.3 Å². The van der Waals surface area contributed by atoms with E-state index in [1.165, 1.54) is 28.7 Å². The summed E-state index contributed by atoms with van der Waals surface area (Å²) in [5.41, 5.74) is 0.589. The van der Waals surface area contributed by atoms with Gasteiger partial charge in [-0.2, -0.15) is 0 Å². The SMILES string of the molecule is CC[C@H]1CCCCN1C(=O)Cn1cnc2ccsc2c1=O. The Bertz CT molecular complexity index is 706. The molecule has 0 bridgehead atoms. The summed E-state index contributed by atoms with van der Waals surface area (Å²) >= 11 is 1.38. The van der Waals surface area contributed by atoms with Crippen molar-refractivity contribution in [2.24, 2.45) is 0 Å². The molecular formula is C15H19N3O2S. The van der Waals surface area contributed by atoms with Gasteiger partial charge in [-0.15, -0.1) is 11.3 Å². The highest BCUT2D eigenvalue weighted by atomic mass is 32.1. The van der Waals surface area contributed by atoms with Gasteiger partial charge in [0.2, 0.25) is 5.91 Å². The largest absolute Gasteiger partial charge is 0.338 e. The fourth-order valence-corrected chi connectivity index (χ4v) is 3.77. The molecule has 0 unspecified atom stereocenters. The van der Waals surface area contributed by atoms with Crippen LogP contribution in [0.3, 0.4) is 0 Å². The predicted molar refractivity (Wildman–Crippen MR) is 83.5 cm³/mol. The van der Waals surface area contributed by atoms with Crippen LogP contribution in [-0.4, -0.2) is 32.9 Å². The minimum atomic E-state index is -0.117. The summed E-state index contributed by atoms with van der Waals surface area (Å²) in [5.74, 6) is 0.0290. The minimum Gasteiger partial charge on any atom is -0.338 e. The molecule has 0 aromatic carbocycles. The Hall–Kier alpha value is -1.69. The minimum absolute atomic E-state index is 0.0290. The molecular weight excluding hydrogens is 286 g/mol. The van der Waals surface area contributed by atoms with Crippen molar-refractivity contribution < 1.29 is 4.79 Å². The third-order valence-corrected chi connectivity index (χ3v) is 5.05. The van der Waals surface area contributed by atoms with Crippen LogP contribution in [0.2, 0.25) is 0 Å². The Morgan fingerprint density at radius 1 is 1.48 bits per heavy atom. The number of thiophene rings is 1. The molecule has 3 rings (SSSR count). The zero-order chi connectivity index (χ0) is 14.8. The molecule has 1 fully saturated rings. The second-order valence-electron chi connectivity index (χ2n) is 5.46. The molecule has 2 aromatic heterocycles. The van der Waals surface area contributed by atoms with E-state index in [1.54, 1.807) is 0 Å². The maximum Gasteiger partial charge on any atom is 0.271 e. The van der Waals surface area contributed by atoms with E-state index in [9.17, 15) is 9.59 Å². The molecule has 0 aliphatic carbocycles. The first-order valence-corrected chi connectivity index (χ1v) is 8.30. The molecule has 112 valence electrons. The van der Waals surface area contributed by atoms with Crippen molar-refractivity contribution in [3.8, 4) is 0 Å². The zero-order valence-electron chi connectivity index (χ0n) is 12.1. The van der Waals surface area contributed by atoms with Crippen LogP contribution in [0.15, 0.2) is 22.6 Å². The van der Waals surface area contributed by atoms with Crippen molar-refractivity contribution in [2.45, 2.75) is 45.2 Å². The number of fused-ring (bicyclic) bond motifs is 1. The first-order valence-electron chi connectivity index (χ1n) is 7.43. The summed E-state index contributed by atoms with van der Waals surface area (Å²) in [5, 5.41) is 1.85. The van der Waals surface area contributed by atoms with Gasteiger partial charge in [0.15, 0.2) is 0 Å². The molecule has 0 saturated carbocycles. The van der Waals surface area contributed by atoms with Gasteiger partial charge < -0.3 is 4.90 Å². The number of hydrogen-bond donors (Lipinski definition) is 0. The highest BCUT2D eigenvalue weighted by molar-refractivity contribution is 7.17. The number of rotatable bonds is 3. The number of hydrogen-bond acceptors (Lipinski definition) is 4. The average Bonchev–Trinajstić information content (AvgIpc) is 2.99. The highest BCUT2D eigenvalue weighted by Gasteiger charge is 2.25. The summed E-state index contributed by atoms with van der Waals surface area (Å²) in [6.45, 7) is 3.01. The van der Waals surface area contributed by atoms with Crippen LogP contribution in [0, 0.1) is 0 Å². The first-order chi connectivity index (χ1) is 10.2. The maximum atomic E-state index is 12.5. The Morgan fingerprint density at radius 2 is 2.33 bits per heavy atom. The topological polar surface area (TPSA) is 55.2 Å². The number of aromatic nitrogens is 2. The second kappa shape index (κ2) is 5.97. The van der Waals surface area contributed by atoms with Crippen LogP contribution < -0.4 is 5.56 Å². The van der Waals surface area contributed by atoms with Gasteiger partial charge >= 0.3 is 0 Å². The fraction of sp³-hybridized carbons (Fsp3) is 0.533. The molecule has 1 aliphatic heterocycles. The van der Waals surface area contributed by atoms with Gasteiger partial charge in [-0.05, 0) is 37.1 Å². The summed E-state index contributed by atoms with van der Waals surface area (Å²) in [6, 6.07) is 2.14. The zero-order valence-corrected chi connectivity index (χ0v) is 12.9. The van der Waals surface area contributed by atoms with Crippen molar-refractivity contribution >= 4 is 27.5 Å². The molecule has 5 nitrogen and oxygen atoms in total. The summed E-state index contributed by atoms with van der Waals surface area (Å²) in [7, 11) is 0. The Labute approximate surface area is 127 Å². The highest BCUT2D eigenvalue weighted by Crippen LogP contribution is 2.20. The van der Waals surface area contributed by atoms with E-state index in [2.05, 4.69) is 11.9 Å². The van der Waals surface area contributed by atoms with Crippen molar-refractivity contribution in [2.75, 3.05) is 6.54 Å². The van der Waals surface area contributed by atoms with Crippen LogP contribution in [0.1, 0.15) is 32.6 Å². The summed E-state index contributed by atoms with van der Waals surface area (Å²) in [6.07, 6.45) is 5.77. The van der Waals surface area contributed by atoms with Gasteiger partial charge in [0, 0.05) is 12.6 Å². The lowest BCUT2D eigenvalue weighted by molar-refractivity contribution is -0.135. The molecule has 0 spiro atoms. The number of piperidine rings is 1. The van der Waals surface area contributed by atoms with Gasteiger partial charge in [0.1, 0.15) is 11.2 Å². The van der Waals surface area contributed by atoms with Crippen LogP contribution in [0.5, 0.6) is 0 Å². The lowest BCUT2D eigenvalue weighted by Crippen LogP contribution is -2.45. The smallest absolute Gasteiger partial charge is 0.271 e. The molecule has 6 heteroatoms. The quantitative estimate of drug-likeness (QED) is 0.874. The Morgan fingerprint density at radius 3 is 3.14 bits per heavy atom. The summed E-state index contributed by atoms with van der Waals surface area (Å²) < 4.78 is 2.05. The fourth-order valence-electron chi connectivity index (χ4n) is 2.98. The number of likely N-dealkylation sites (tertiary alicyclic amines) is 1. The average molecular weight is 305 g/mol. The van der Waals surface area contributed by atoms with Crippen LogP contribution in [-0.2, 0) is 11.3 Å². The number of amides is 1. The molecule has 0 radical (unpaired) electrons. The molecule has 0 N–H and O–H groups in total. The van der Waals surface area contributed by atoms with Gasteiger partial charge in [-0.1, -0.05) is 6.92 Å². The second-order valence-corrected chi connectivity index (χ2v) is 6.37. The van der Waals surface area contributed by atoms with Crippen LogP contribution in [0.4, 0.5) is 0 Å². The third-order valence-electron chi connectivity index (χ3n) is 4.16. The molecule has 2 aromatic rings. The van der Waals surface area contributed by atoms with Crippen LogP contribution in [0.25, 0.3) is 10.2 Å². The van der Waals surface area contributed by atoms with Crippen molar-refractivity contribution in [1.82, 2.24) is 14.5 Å². The summed E-state index contributed by atoms with van der Waals surface area (Å²) in [4.78, 5) is 31.0. The number of carbonyl (C=O) groups is 1. The standard InChI is InChI=1S/C15H19N3O2S/c1-2-11-5-3-4-7-18(11)13(19)9-17-10-16-12-6-8-21-14(12)15(17)20/h6,8,10-11H,2-5,7,9H2,1H3/t11-/m0/s1. The molecule has 1 amide bonds. The van der Waals surface area contributed by atoms with Crippen molar-refractivity contribution in [1.29, 1.82) is 0 Å². The van der Waals surface area contributed by atoms with E-state index >= 15 is 0 Å². The lowest BCUT2D eigenvalue weighted by Gasteiger charge is -2.35. The van der Waals surface area contributed by atoms with E-state index in [1.807, 2.05) is 16.3 Å². The predicted octanol–water partition coefficient (Wildman–Crippen LogP) is 2.25. The number of nitrogens with zero attached hydrogens (tertiary/aromatic N) is 3. The third kappa shape index (κ3) is 2.72. The van der Waals surface area contributed by atoms with Crippen molar-refractivity contribution in [3.05, 3.63) is 28.1 Å². The normalized spacial score (nSPS) is 19.1. The Balaban J connectivity index is 1.82. The van der Waals surface area contributed by atoms with E-state index < -0.39 is 0 Å². The monoisotopic (exact) mass is 305 g/mol. The lowest BCUT2D eigenvalue weighted by atomic mass is 10.00. The first kappa shape index (κ1) is 14.3. The molecule has 1 saturated heterocycles. The maximum absolute atomic E-state index is 12.5. The van der Waals surface area contributed by atoms with Gasteiger partial charge in [0.05, 0.1) is 11.8 Å². The molecule has 1 atom stereocenters. The van der Waals surface area contributed by atoms with E-state index in [4.69, 9.17) is 0 Å². The van der Waals surface area contributed by atoms with Gasteiger partial charge in [-0.25, -0.2) is 4.98 Å². The van der Waals surface area contributed by atoms with E-state index in [0.29, 0.717) is 16.3 Å². The van der Waals surface area contributed by atoms with E-state index in [-0.39, 0.29) is 18.0 Å². The molecule has 3 heterocycles. The number of carbonyl (C=O) groups excluding carboxylic acids is 1. The molecule has 21 heavy (non-hydrogen) atoms. The van der Waals surface area contributed by atoms with Crippen molar-refractivity contribution in [3.63, 3.8) is 0 Å². The Kier molecular flexibility index (Phi) is 4.05.